The van der Waals surface area contributed by atoms with Crippen LogP contribution in [-0.4, -0.2) is 29.5 Å². The van der Waals surface area contributed by atoms with Crippen molar-refractivity contribution in [2.24, 2.45) is 0 Å². The fourth-order valence-electron chi connectivity index (χ4n) is 5.11. The third kappa shape index (κ3) is 4.60. The molecule has 188 valence electrons. The fraction of sp³-hybridized carbons (Fsp3) is 0.200. The maximum atomic E-state index is 14.3. The SMILES string of the molecule is CC(C)(C)[Si](OCCn1c(-c2cccnc2)nc2cc(F)c(F)cc21)(c1ccccc1)c1ccccc1. The molecule has 2 heterocycles. The third-order valence-corrected chi connectivity index (χ3v) is 11.8. The van der Waals surface area contributed by atoms with Crippen molar-refractivity contribution in [3.63, 3.8) is 0 Å². The van der Waals surface area contributed by atoms with Crippen molar-refractivity contribution < 1.29 is 13.2 Å². The van der Waals surface area contributed by atoms with E-state index in [2.05, 4.69) is 79.3 Å². The average Bonchev–Trinajstić information content (AvgIpc) is 3.24. The van der Waals surface area contributed by atoms with Gasteiger partial charge in [-0.25, -0.2) is 13.8 Å². The van der Waals surface area contributed by atoms with E-state index < -0.39 is 20.0 Å². The van der Waals surface area contributed by atoms with Crippen molar-refractivity contribution in [1.82, 2.24) is 14.5 Å². The molecule has 0 amide bonds. The Morgan fingerprint density at radius 3 is 2.03 bits per heavy atom. The lowest BCUT2D eigenvalue weighted by Crippen LogP contribution is -2.66. The molecule has 37 heavy (non-hydrogen) atoms. The first-order valence-electron chi connectivity index (χ1n) is 12.3. The molecule has 2 aromatic heterocycles. The summed E-state index contributed by atoms with van der Waals surface area (Å²) >= 11 is 0. The molecular formula is C30H29F2N3OSi. The fourth-order valence-corrected chi connectivity index (χ4v) is 9.67. The Morgan fingerprint density at radius 2 is 1.46 bits per heavy atom. The molecule has 0 aliphatic heterocycles. The molecule has 0 saturated heterocycles. The molecule has 5 rings (SSSR count). The molecule has 0 saturated carbocycles. The van der Waals surface area contributed by atoms with Crippen LogP contribution in [-0.2, 0) is 11.0 Å². The highest BCUT2D eigenvalue weighted by molar-refractivity contribution is 6.99. The van der Waals surface area contributed by atoms with Crippen LogP contribution in [0.4, 0.5) is 8.78 Å². The van der Waals surface area contributed by atoms with Crippen LogP contribution in [0.5, 0.6) is 0 Å². The average molecular weight is 514 g/mol. The van der Waals surface area contributed by atoms with E-state index >= 15 is 0 Å². The van der Waals surface area contributed by atoms with E-state index in [0.29, 0.717) is 30.0 Å². The van der Waals surface area contributed by atoms with Crippen molar-refractivity contribution in [1.29, 1.82) is 0 Å². The minimum atomic E-state index is -2.75. The molecule has 5 aromatic rings. The standard InChI is InChI=1S/C30H29F2N3OSi/c1-30(2,3)37(23-12-6-4-7-13-23,24-14-8-5-9-15-24)36-18-17-35-28-20-26(32)25(31)19-27(28)34-29(35)22-11-10-16-33-21-22/h4-16,19-21H,17-18H2,1-3H3. The summed E-state index contributed by atoms with van der Waals surface area (Å²) in [5.74, 6) is -1.23. The number of benzene rings is 3. The summed E-state index contributed by atoms with van der Waals surface area (Å²) in [6.07, 6.45) is 3.38. The number of halogens is 2. The molecule has 4 nitrogen and oxygen atoms in total. The summed E-state index contributed by atoms with van der Waals surface area (Å²) in [5, 5.41) is 2.20. The summed E-state index contributed by atoms with van der Waals surface area (Å²) < 4.78 is 37.3. The zero-order valence-corrected chi connectivity index (χ0v) is 22.2. The molecule has 0 unspecified atom stereocenters. The van der Waals surface area contributed by atoms with E-state index in [0.717, 1.165) is 11.6 Å². The Labute approximate surface area is 216 Å². The minimum Gasteiger partial charge on any atom is -0.406 e. The number of imidazole rings is 1. The predicted molar refractivity (Wildman–Crippen MR) is 146 cm³/mol. The summed E-state index contributed by atoms with van der Waals surface area (Å²) in [7, 11) is -2.75. The van der Waals surface area contributed by atoms with Crippen molar-refractivity contribution in [2.75, 3.05) is 6.61 Å². The molecule has 0 aliphatic carbocycles. The van der Waals surface area contributed by atoms with Crippen LogP contribution in [0.25, 0.3) is 22.4 Å². The van der Waals surface area contributed by atoms with Crippen LogP contribution in [0, 0.1) is 11.6 Å². The quantitative estimate of drug-likeness (QED) is 0.252. The topological polar surface area (TPSA) is 39.9 Å². The Morgan fingerprint density at radius 1 is 0.838 bits per heavy atom. The molecule has 3 aromatic carbocycles. The lowest BCUT2D eigenvalue weighted by atomic mass is 10.2. The predicted octanol–water partition coefficient (Wildman–Crippen LogP) is 5.95. The van der Waals surface area contributed by atoms with E-state index in [4.69, 9.17) is 4.43 Å². The molecule has 0 atom stereocenters. The largest absolute Gasteiger partial charge is 0.406 e. The Hall–Kier alpha value is -3.68. The van der Waals surface area contributed by atoms with Crippen LogP contribution >= 0.6 is 0 Å². The van der Waals surface area contributed by atoms with Gasteiger partial charge in [-0.1, -0.05) is 81.4 Å². The first kappa shape index (κ1) is 25.0. The Kier molecular flexibility index (Phi) is 6.75. The van der Waals surface area contributed by atoms with Crippen LogP contribution in [0.15, 0.2) is 97.3 Å². The summed E-state index contributed by atoms with van der Waals surface area (Å²) in [6.45, 7) is 7.46. The monoisotopic (exact) mass is 513 g/mol. The van der Waals surface area contributed by atoms with Gasteiger partial charge in [0.1, 0.15) is 5.82 Å². The molecule has 0 spiro atoms. The normalized spacial score (nSPS) is 12.2. The molecule has 0 fully saturated rings. The minimum absolute atomic E-state index is 0.172. The Balaban J connectivity index is 1.58. The highest BCUT2D eigenvalue weighted by Gasteiger charge is 2.50. The van der Waals surface area contributed by atoms with Crippen LogP contribution in [0.2, 0.25) is 5.04 Å². The van der Waals surface area contributed by atoms with Gasteiger partial charge in [0.25, 0.3) is 8.32 Å². The van der Waals surface area contributed by atoms with Crippen LogP contribution in [0.1, 0.15) is 20.8 Å². The number of nitrogens with zero attached hydrogens (tertiary/aromatic N) is 3. The van der Waals surface area contributed by atoms with E-state index in [1.54, 1.807) is 12.4 Å². The lowest BCUT2D eigenvalue weighted by molar-refractivity contribution is 0.283. The first-order valence-corrected chi connectivity index (χ1v) is 14.2. The van der Waals surface area contributed by atoms with E-state index in [9.17, 15) is 8.78 Å². The molecule has 0 bridgehead atoms. The van der Waals surface area contributed by atoms with Crippen molar-refractivity contribution in [3.8, 4) is 11.4 Å². The van der Waals surface area contributed by atoms with Gasteiger partial charge < -0.3 is 8.99 Å². The number of hydrogen-bond acceptors (Lipinski definition) is 3. The van der Waals surface area contributed by atoms with Crippen molar-refractivity contribution in [2.45, 2.75) is 32.4 Å². The smallest absolute Gasteiger partial charge is 0.261 e. The third-order valence-electron chi connectivity index (χ3n) is 6.76. The van der Waals surface area contributed by atoms with Crippen molar-refractivity contribution >= 4 is 29.7 Å². The maximum Gasteiger partial charge on any atom is 0.261 e. The highest BCUT2D eigenvalue weighted by Crippen LogP contribution is 2.37. The first-order chi connectivity index (χ1) is 17.8. The van der Waals surface area contributed by atoms with Gasteiger partial charge in [-0.3, -0.25) is 4.98 Å². The lowest BCUT2D eigenvalue weighted by Gasteiger charge is -2.43. The summed E-state index contributed by atoms with van der Waals surface area (Å²) in [5.41, 5.74) is 1.68. The van der Waals surface area contributed by atoms with Crippen molar-refractivity contribution in [3.05, 3.63) is 109 Å². The van der Waals surface area contributed by atoms with Gasteiger partial charge in [-0.05, 0) is 27.5 Å². The number of fused-ring (bicyclic) bond motifs is 1. The van der Waals surface area contributed by atoms with Gasteiger partial charge in [0.15, 0.2) is 11.6 Å². The summed E-state index contributed by atoms with van der Waals surface area (Å²) in [4.78, 5) is 8.85. The molecule has 7 heteroatoms. The van der Waals surface area contributed by atoms with E-state index in [1.807, 2.05) is 28.8 Å². The van der Waals surface area contributed by atoms with Gasteiger partial charge in [-0.15, -0.1) is 0 Å². The summed E-state index contributed by atoms with van der Waals surface area (Å²) in [6, 6.07) is 26.9. The molecule has 0 N–H and O–H groups in total. The highest BCUT2D eigenvalue weighted by atomic mass is 28.4. The van der Waals surface area contributed by atoms with Gasteiger partial charge in [-0.2, -0.15) is 0 Å². The van der Waals surface area contributed by atoms with Gasteiger partial charge in [0.2, 0.25) is 0 Å². The molecule has 0 radical (unpaired) electrons. The zero-order chi connectivity index (χ0) is 26.0. The second-order valence-corrected chi connectivity index (χ2v) is 14.4. The Bertz CT molecular complexity index is 1460. The number of aromatic nitrogens is 3. The molecule has 0 aliphatic rings. The second-order valence-electron chi connectivity index (χ2n) is 10.1. The number of rotatable bonds is 7. The van der Waals surface area contributed by atoms with Gasteiger partial charge in [0.05, 0.1) is 17.6 Å². The number of pyridine rings is 1. The second kappa shape index (κ2) is 9.99. The van der Waals surface area contributed by atoms with Crippen LogP contribution < -0.4 is 10.4 Å². The van der Waals surface area contributed by atoms with Gasteiger partial charge in [0, 0.05) is 36.6 Å². The number of hydrogen-bond donors (Lipinski definition) is 0. The maximum absolute atomic E-state index is 14.3. The zero-order valence-electron chi connectivity index (χ0n) is 21.2. The van der Waals surface area contributed by atoms with Crippen LogP contribution in [0.3, 0.4) is 0 Å². The molecular weight excluding hydrogens is 484 g/mol. The van der Waals surface area contributed by atoms with E-state index in [1.165, 1.54) is 16.4 Å². The van der Waals surface area contributed by atoms with Gasteiger partial charge >= 0.3 is 0 Å². The van der Waals surface area contributed by atoms with E-state index in [-0.39, 0.29) is 5.04 Å².